The highest BCUT2D eigenvalue weighted by Crippen LogP contribution is 1.89. The lowest BCUT2D eigenvalue weighted by Gasteiger charge is -2.14. The zero-order valence-corrected chi connectivity index (χ0v) is 10.0. The van der Waals surface area contributed by atoms with Gasteiger partial charge in [-0.05, 0) is 0 Å². The van der Waals surface area contributed by atoms with E-state index in [0.717, 1.165) is 0 Å². The van der Waals surface area contributed by atoms with Gasteiger partial charge in [-0.3, -0.25) is 4.79 Å². The van der Waals surface area contributed by atoms with Crippen molar-refractivity contribution >= 4 is 5.91 Å². The second-order valence-corrected chi connectivity index (χ2v) is 3.55. The fourth-order valence-electron chi connectivity index (χ4n) is 0.961. The van der Waals surface area contributed by atoms with E-state index in [1.807, 2.05) is 13.8 Å². The number of ether oxygens (including phenoxy) is 2. The molecule has 0 aromatic heterocycles. The van der Waals surface area contributed by atoms with Gasteiger partial charge in [0.05, 0.1) is 0 Å². The van der Waals surface area contributed by atoms with Gasteiger partial charge in [0.15, 0.2) is 6.29 Å². The molecule has 0 rings (SSSR count). The zero-order valence-electron chi connectivity index (χ0n) is 10.0. The Hall–Kier alpha value is -0.650. The number of hydrogen-bond donors (Lipinski definition) is 2. The van der Waals surface area contributed by atoms with Crippen LogP contribution in [-0.2, 0) is 14.3 Å². The molecule has 5 heteroatoms. The van der Waals surface area contributed by atoms with Crippen LogP contribution in [0.25, 0.3) is 0 Å². The minimum Gasteiger partial charge on any atom is -0.355 e. The van der Waals surface area contributed by atoms with Crippen molar-refractivity contribution in [3.8, 4) is 0 Å². The topological polar surface area (TPSA) is 59.6 Å². The largest absolute Gasteiger partial charge is 0.355 e. The summed E-state index contributed by atoms with van der Waals surface area (Å²) in [5.74, 6) is 0.113. The standard InChI is InChI=1S/C10H22N2O3/c1-8(2)10(13)12-6-5-11-7-9(14-3)15-4/h8-9,11H,5-7H2,1-4H3,(H,12,13). The highest BCUT2D eigenvalue weighted by molar-refractivity contribution is 5.77. The molecule has 0 atom stereocenters. The van der Waals surface area contributed by atoms with Gasteiger partial charge in [-0.15, -0.1) is 0 Å². The number of rotatable bonds is 8. The summed E-state index contributed by atoms with van der Waals surface area (Å²) in [6.45, 7) is 5.69. The van der Waals surface area contributed by atoms with Crippen LogP contribution in [0.1, 0.15) is 13.8 Å². The van der Waals surface area contributed by atoms with Crippen LogP contribution in [0.3, 0.4) is 0 Å². The van der Waals surface area contributed by atoms with E-state index < -0.39 is 0 Å². The third-order valence-corrected chi connectivity index (χ3v) is 1.96. The molecule has 0 aliphatic rings. The smallest absolute Gasteiger partial charge is 0.222 e. The van der Waals surface area contributed by atoms with Gasteiger partial charge in [-0.2, -0.15) is 0 Å². The highest BCUT2D eigenvalue weighted by atomic mass is 16.7. The van der Waals surface area contributed by atoms with E-state index >= 15 is 0 Å². The molecule has 0 bridgehead atoms. The Labute approximate surface area is 91.5 Å². The first kappa shape index (κ1) is 14.3. The summed E-state index contributed by atoms with van der Waals surface area (Å²) in [4.78, 5) is 11.2. The average molecular weight is 218 g/mol. The van der Waals surface area contributed by atoms with Crippen LogP contribution >= 0.6 is 0 Å². The molecule has 0 aliphatic heterocycles. The molecule has 0 spiro atoms. The van der Waals surface area contributed by atoms with E-state index in [4.69, 9.17) is 9.47 Å². The summed E-state index contributed by atoms with van der Waals surface area (Å²) in [7, 11) is 3.19. The van der Waals surface area contributed by atoms with E-state index in [1.165, 1.54) is 0 Å². The molecule has 0 unspecified atom stereocenters. The van der Waals surface area contributed by atoms with Gasteiger partial charge in [0.2, 0.25) is 5.91 Å². The molecular formula is C10H22N2O3. The molecule has 2 N–H and O–H groups in total. The monoisotopic (exact) mass is 218 g/mol. The van der Waals surface area contributed by atoms with Gasteiger partial charge in [0.1, 0.15) is 0 Å². The molecule has 5 nitrogen and oxygen atoms in total. The van der Waals surface area contributed by atoms with E-state index in [2.05, 4.69) is 10.6 Å². The van der Waals surface area contributed by atoms with Crippen LogP contribution in [0.4, 0.5) is 0 Å². The van der Waals surface area contributed by atoms with E-state index in [1.54, 1.807) is 14.2 Å². The molecule has 0 saturated carbocycles. The number of methoxy groups -OCH3 is 2. The van der Waals surface area contributed by atoms with Crippen molar-refractivity contribution in [2.75, 3.05) is 33.9 Å². The van der Waals surface area contributed by atoms with Crippen LogP contribution in [0.15, 0.2) is 0 Å². The normalized spacial score (nSPS) is 11.1. The molecule has 0 aliphatic carbocycles. The highest BCUT2D eigenvalue weighted by Gasteiger charge is 2.06. The lowest BCUT2D eigenvalue weighted by atomic mass is 10.2. The summed E-state index contributed by atoms with van der Waals surface area (Å²) in [5.41, 5.74) is 0. The maximum Gasteiger partial charge on any atom is 0.222 e. The Kier molecular flexibility index (Phi) is 8.27. The van der Waals surface area contributed by atoms with Gasteiger partial charge in [0, 0.05) is 39.8 Å². The van der Waals surface area contributed by atoms with Crippen molar-refractivity contribution in [1.29, 1.82) is 0 Å². The minimum absolute atomic E-state index is 0.0377. The first-order chi connectivity index (χ1) is 7.11. The molecule has 0 aromatic rings. The Balaban J connectivity index is 3.35. The molecule has 90 valence electrons. The third-order valence-electron chi connectivity index (χ3n) is 1.96. The van der Waals surface area contributed by atoms with Crippen molar-refractivity contribution < 1.29 is 14.3 Å². The number of nitrogens with one attached hydrogen (secondary N) is 2. The lowest BCUT2D eigenvalue weighted by Crippen LogP contribution is -2.37. The molecule has 0 aromatic carbocycles. The lowest BCUT2D eigenvalue weighted by molar-refractivity contribution is -0.123. The predicted octanol–water partition coefficient (Wildman–Crippen LogP) is -0.0329. The molecule has 15 heavy (non-hydrogen) atoms. The van der Waals surface area contributed by atoms with Gasteiger partial charge in [-0.1, -0.05) is 13.8 Å². The van der Waals surface area contributed by atoms with Crippen molar-refractivity contribution in [2.24, 2.45) is 5.92 Å². The molecule has 0 heterocycles. The van der Waals surface area contributed by atoms with E-state index in [9.17, 15) is 4.79 Å². The fourth-order valence-corrected chi connectivity index (χ4v) is 0.961. The van der Waals surface area contributed by atoms with Crippen molar-refractivity contribution in [1.82, 2.24) is 10.6 Å². The summed E-state index contributed by atoms with van der Waals surface area (Å²) >= 11 is 0. The first-order valence-corrected chi connectivity index (χ1v) is 5.15. The Morgan fingerprint density at radius 2 is 1.80 bits per heavy atom. The summed E-state index contributed by atoms with van der Waals surface area (Å²) in [5, 5.41) is 5.93. The first-order valence-electron chi connectivity index (χ1n) is 5.15. The van der Waals surface area contributed by atoms with Crippen LogP contribution in [0.5, 0.6) is 0 Å². The van der Waals surface area contributed by atoms with Crippen LogP contribution in [-0.4, -0.2) is 46.1 Å². The van der Waals surface area contributed by atoms with Crippen molar-refractivity contribution in [3.63, 3.8) is 0 Å². The fraction of sp³-hybridized carbons (Fsp3) is 0.900. The van der Waals surface area contributed by atoms with Crippen LogP contribution < -0.4 is 10.6 Å². The van der Waals surface area contributed by atoms with Gasteiger partial charge < -0.3 is 20.1 Å². The molecule has 1 amide bonds. The Bertz CT molecular complexity index is 170. The Morgan fingerprint density at radius 3 is 2.27 bits per heavy atom. The number of carbonyl (C=O) groups excluding carboxylic acids is 1. The van der Waals surface area contributed by atoms with Crippen LogP contribution in [0.2, 0.25) is 0 Å². The van der Waals surface area contributed by atoms with Gasteiger partial charge in [-0.25, -0.2) is 0 Å². The predicted molar refractivity (Wildman–Crippen MR) is 58.5 cm³/mol. The van der Waals surface area contributed by atoms with Crippen molar-refractivity contribution in [3.05, 3.63) is 0 Å². The molecule has 0 saturated heterocycles. The van der Waals surface area contributed by atoms with Crippen LogP contribution in [0, 0.1) is 5.92 Å². The quantitative estimate of drug-likeness (QED) is 0.443. The Morgan fingerprint density at radius 1 is 1.20 bits per heavy atom. The summed E-state index contributed by atoms with van der Waals surface area (Å²) in [6.07, 6.45) is -0.231. The maximum atomic E-state index is 11.2. The maximum absolute atomic E-state index is 11.2. The number of carbonyl (C=O) groups is 1. The van der Waals surface area contributed by atoms with E-state index in [0.29, 0.717) is 19.6 Å². The SMILES string of the molecule is COC(CNCCNC(=O)C(C)C)OC. The summed E-state index contributed by atoms with van der Waals surface area (Å²) < 4.78 is 9.99. The summed E-state index contributed by atoms with van der Waals surface area (Å²) in [6, 6.07) is 0. The van der Waals surface area contributed by atoms with Gasteiger partial charge in [0.25, 0.3) is 0 Å². The number of hydrogen-bond acceptors (Lipinski definition) is 4. The van der Waals surface area contributed by atoms with Gasteiger partial charge >= 0.3 is 0 Å². The number of amides is 1. The molecule has 0 fully saturated rings. The second kappa shape index (κ2) is 8.64. The van der Waals surface area contributed by atoms with Crippen molar-refractivity contribution in [2.45, 2.75) is 20.1 Å². The zero-order chi connectivity index (χ0) is 11.7. The molecule has 0 radical (unpaired) electrons. The third kappa shape index (κ3) is 7.30. The molecular weight excluding hydrogens is 196 g/mol. The minimum atomic E-state index is -0.231. The average Bonchev–Trinajstić information content (AvgIpc) is 2.23. The van der Waals surface area contributed by atoms with E-state index in [-0.39, 0.29) is 18.1 Å². The second-order valence-electron chi connectivity index (χ2n) is 3.55.